The van der Waals surface area contributed by atoms with E-state index in [1.54, 1.807) is 0 Å². The summed E-state index contributed by atoms with van der Waals surface area (Å²) in [6.07, 6.45) is 4.58. The molecule has 1 heterocycles. The first kappa shape index (κ1) is 13.4. The highest BCUT2D eigenvalue weighted by Crippen LogP contribution is 2.20. The lowest BCUT2D eigenvalue weighted by molar-refractivity contribution is 0.180. The van der Waals surface area contributed by atoms with Crippen LogP contribution in [0.25, 0.3) is 0 Å². The predicted octanol–water partition coefficient (Wildman–Crippen LogP) is 2.30. The van der Waals surface area contributed by atoms with E-state index >= 15 is 0 Å². The molecule has 100 valence electrons. The molecule has 0 aliphatic carbocycles. The van der Waals surface area contributed by atoms with Gasteiger partial charge >= 0.3 is 0 Å². The number of ether oxygens (including phenoxy) is 1. The van der Waals surface area contributed by atoms with Gasteiger partial charge in [0, 0.05) is 19.2 Å². The van der Waals surface area contributed by atoms with Crippen LogP contribution in [0.5, 0.6) is 5.75 Å². The van der Waals surface area contributed by atoms with Crippen LogP contribution in [-0.4, -0.2) is 42.4 Å². The highest BCUT2D eigenvalue weighted by Gasteiger charge is 2.23. The number of nitrogens with zero attached hydrogens (tertiary/aromatic N) is 1. The van der Waals surface area contributed by atoms with Crippen molar-refractivity contribution in [3.05, 3.63) is 30.3 Å². The minimum absolute atomic E-state index is 0.310. The van der Waals surface area contributed by atoms with Gasteiger partial charge in [0.05, 0.1) is 0 Å². The quantitative estimate of drug-likeness (QED) is 0.805. The van der Waals surface area contributed by atoms with Crippen LogP contribution in [0.1, 0.15) is 25.7 Å². The molecule has 0 bridgehead atoms. The lowest BCUT2D eigenvalue weighted by atomic mass is 10.1. The number of aliphatic hydroxyl groups is 1. The Morgan fingerprint density at radius 2 is 2.11 bits per heavy atom. The largest absolute Gasteiger partial charge is 0.492 e. The highest BCUT2D eigenvalue weighted by atomic mass is 16.5. The van der Waals surface area contributed by atoms with E-state index in [0.717, 1.165) is 31.7 Å². The third-order valence-electron chi connectivity index (χ3n) is 3.58. The van der Waals surface area contributed by atoms with E-state index < -0.39 is 0 Å². The van der Waals surface area contributed by atoms with Gasteiger partial charge in [0.25, 0.3) is 0 Å². The summed E-state index contributed by atoms with van der Waals surface area (Å²) >= 11 is 0. The van der Waals surface area contributed by atoms with Gasteiger partial charge in [-0.3, -0.25) is 4.90 Å². The molecule has 0 amide bonds. The average Bonchev–Trinajstić information content (AvgIpc) is 2.85. The third kappa shape index (κ3) is 4.00. The summed E-state index contributed by atoms with van der Waals surface area (Å²) in [4.78, 5) is 2.50. The van der Waals surface area contributed by atoms with Crippen LogP contribution >= 0.6 is 0 Å². The molecule has 1 N–H and O–H groups in total. The van der Waals surface area contributed by atoms with Crippen LogP contribution in [0.15, 0.2) is 30.3 Å². The molecule has 0 saturated carbocycles. The van der Waals surface area contributed by atoms with Crippen molar-refractivity contribution in [2.24, 2.45) is 0 Å². The fourth-order valence-corrected chi connectivity index (χ4v) is 2.64. The van der Waals surface area contributed by atoms with Gasteiger partial charge in [-0.25, -0.2) is 0 Å². The van der Waals surface area contributed by atoms with Crippen molar-refractivity contribution < 1.29 is 9.84 Å². The standard InChI is InChI=1S/C15H23NO2/c17-12-5-7-14-6-4-10-16(14)11-13-18-15-8-2-1-3-9-15/h1-3,8-9,14,17H,4-7,10-13H2. The number of hydrogen-bond acceptors (Lipinski definition) is 3. The molecule has 0 spiro atoms. The van der Waals surface area contributed by atoms with Crippen molar-refractivity contribution in [3.63, 3.8) is 0 Å². The summed E-state index contributed by atoms with van der Waals surface area (Å²) in [7, 11) is 0. The fourth-order valence-electron chi connectivity index (χ4n) is 2.64. The molecular formula is C15H23NO2. The summed E-state index contributed by atoms with van der Waals surface area (Å²) in [5.41, 5.74) is 0. The summed E-state index contributed by atoms with van der Waals surface area (Å²) in [6.45, 7) is 3.23. The minimum atomic E-state index is 0.310. The number of likely N-dealkylation sites (tertiary alicyclic amines) is 1. The molecule has 1 aromatic rings. The highest BCUT2D eigenvalue weighted by molar-refractivity contribution is 5.20. The number of benzene rings is 1. The number of aliphatic hydroxyl groups excluding tert-OH is 1. The molecule has 3 heteroatoms. The number of para-hydroxylation sites is 1. The zero-order valence-electron chi connectivity index (χ0n) is 10.9. The lowest BCUT2D eigenvalue weighted by Gasteiger charge is -2.24. The van der Waals surface area contributed by atoms with Crippen molar-refractivity contribution in [2.45, 2.75) is 31.7 Å². The Hall–Kier alpha value is -1.06. The van der Waals surface area contributed by atoms with Gasteiger partial charge in [-0.15, -0.1) is 0 Å². The van der Waals surface area contributed by atoms with E-state index in [2.05, 4.69) is 4.90 Å². The first-order valence-corrected chi connectivity index (χ1v) is 6.93. The average molecular weight is 249 g/mol. The van der Waals surface area contributed by atoms with Crippen LogP contribution in [0.3, 0.4) is 0 Å². The monoisotopic (exact) mass is 249 g/mol. The Morgan fingerprint density at radius 3 is 2.89 bits per heavy atom. The Balaban J connectivity index is 1.69. The van der Waals surface area contributed by atoms with E-state index in [1.807, 2.05) is 30.3 Å². The third-order valence-corrected chi connectivity index (χ3v) is 3.58. The number of rotatable bonds is 7. The molecule has 1 fully saturated rings. The molecule has 3 nitrogen and oxygen atoms in total. The molecule has 1 aromatic carbocycles. The number of hydrogen-bond donors (Lipinski definition) is 1. The van der Waals surface area contributed by atoms with E-state index in [0.29, 0.717) is 12.6 Å². The molecule has 0 aromatic heterocycles. The van der Waals surface area contributed by atoms with E-state index in [-0.39, 0.29) is 0 Å². The van der Waals surface area contributed by atoms with Gasteiger partial charge in [0.2, 0.25) is 0 Å². The van der Waals surface area contributed by atoms with Crippen LogP contribution < -0.4 is 4.74 Å². The summed E-state index contributed by atoms with van der Waals surface area (Å²) in [6, 6.07) is 10.6. The fraction of sp³-hybridized carbons (Fsp3) is 0.600. The molecule has 0 radical (unpaired) electrons. The second kappa shape index (κ2) is 7.39. The van der Waals surface area contributed by atoms with Crippen LogP contribution in [0, 0.1) is 0 Å². The second-order valence-corrected chi connectivity index (χ2v) is 4.86. The van der Waals surface area contributed by atoms with Gasteiger partial charge < -0.3 is 9.84 Å². The maximum atomic E-state index is 8.89. The van der Waals surface area contributed by atoms with Crippen LogP contribution in [-0.2, 0) is 0 Å². The van der Waals surface area contributed by atoms with Crippen molar-refractivity contribution in [2.75, 3.05) is 26.3 Å². The summed E-state index contributed by atoms with van der Waals surface area (Å²) in [5.74, 6) is 0.948. The Bertz CT molecular complexity index is 329. The minimum Gasteiger partial charge on any atom is -0.492 e. The van der Waals surface area contributed by atoms with Crippen molar-refractivity contribution in [1.82, 2.24) is 4.90 Å². The maximum absolute atomic E-state index is 8.89. The molecule has 1 unspecified atom stereocenters. The molecule has 1 aliphatic rings. The Kier molecular flexibility index (Phi) is 5.49. The van der Waals surface area contributed by atoms with Gasteiger partial charge in [0.1, 0.15) is 12.4 Å². The molecule has 2 rings (SSSR count). The molecule has 18 heavy (non-hydrogen) atoms. The molecule has 1 atom stereocenters. The Morgan fingerprint density at radius 1 is 1.28 bits per heavy atom. The molecule has 1 aliphatic heterocycles. The van der Waals surface area contributed by atoms with Crippen LogP contribution in [0.2, 0.25) is 0 Å². The zero-order valence-corrected chi connectivity index (χ0v) is 10.9. The predicted molar refractivity (Wildman–Crippen MR) is 72.9 cm³/mol. The maximum Gasteiger partial charge on any atom is 0.119 e. The van der Waals surface area contributed by atoms with E-state index in [9.17, 15) is 0 Å². The SMILES string of the molecule is OCCCC1CCCN1CCOc1ccccc1. The van der Waals surface area contributed by atoms with Gasteiger partial charge in [0.15, 0.2) is 0 Å². The van der Waals surface area contributed by atoms with E-state index in [4.69, 9.17) is 9.84 Å². The topological polar surface area (TPSA) is 32.7 Å². The molecular weight excluding hydrogens is 226 g/mol. The van der Waals surface area contributed by atoms with Crippen molar-refractivity contribution in [1.29, 1.82) is 0 Å². The first-order chi connectivity index (χ1) is 8.90. The zero-order chi connectivity index (χ0) is 12.6. The van der Waals surface area contributed by atoms with Gasteiger partial charge in [-0.1, -0.05) is 18.2 Å². The Labute approximate surface area is 109 Å². The van der Waals surface area contributed by atoms with Gasteiger partial charge in [-0.05, 0) is 44.4 Å². The normalized spacial score (nSPS) is 20.2. The summed E-state index contributed by atoms with van der Waals surface area (Å²) in [5, 5.41) is 8.89. The lowest BCUT2D eigenvalue weighted by Crippen LogP contribution is -2.33. The smallest absolute Gasteiger partial charge is 0.119 e. The van der Waals surface area contributed by atoms with Crippen LogP contribution in [0.4, 0.5) is 0 Å². The second-order valence-electron chi connectivity index (χ2n) is 4.86. The summed E-state index contributed by atoms with van der Waals surface area (Å²) < 4.78 is 5.73. The molecule has 1 saturated heterocycles. The van der Waals surface area contributed by atoms with Gasteiger partial charge in [-0.2, -0.15) is 0 Å². The van der Waals surface area contributed by atoms with Crippen molar-refractivity contribution in [3.8, 4) is 5.75 Å². The first-order valence-electron chi connectivity index (χ1n) is 6.93. The van der Waals surface area contributed by atoms with E-state index in [1.165, 1.54) is 19.4 Å². The van der Waals surface area contributed by atoms with Crippen molar-refractivity contribution >= 4 is 0 Å².